The van der Waals surface area contributed by atoms with Gasteiger partial charge in [0.15, 0.2) is 0 Å². The molecule has 0 saturated heterocycles. The van der Waals surface area contributed by atoms with Gasteiger partial charge in [0.25, 0.3) is 0 Å². The third-order valence-electron chi connectivity index (χ3n) is 1.83. The van der Waals surface area contributed by atoms with Gasteiger partial charge in [-0.2, -0.15) is 0 Å². The number of aliphatic hydroxyl groups is 1. The maximum absolute atomic E-state index is 10.5. The summed E-state index contributed by atoms with van der Waals surface area (Å²) in [5.41, 5.74) is 1.23. The molecule has 7 heteroatoms. The van der Waals surface area contributed by atoms with Gasteiger partial charge in [0, 0.05) is 16.7 Å². The van der Waals surface area contributed by atoms with E-state index in [1.807, 2.05) is 0 Å². The molecular weight excluding hydrogens is 316 g/mol. The van der Waals surface area contributed by atoms with Crippen LogP contribution in [0.15, 0.2) is 36.5 Å². The van der Waals surface area contributed by atoms with Crippen molar-refractivity contribution in [3.05, 3.63) is 36.5 Å². The van der Waals surface area contributed by atoms with E-state index in [9.17, 15) is 14.4 Å². The molecule has 0 unspecified atom stereocenters. The fraction of sp³-hybridized carbons (Fsp3) is 0.471. The zero-order valence-corrected chi connectivity index (χ0v) is 15.1. The Hall–Kier alpha value is -2.41. The van der Waals surface area contributed by atoms with E-state index in [1.165, 1.54) is 7.11 Å². The molecule has 0 radical (unpaired) electrons. The molecule has 24 heavy (non-hydrogen) atoms. The summed E-state index contributed by atoms with van der Waals surface area (Å²) in [6.07, 6.45) is 0. The van der Waals surface area contributed by atoms with Crippen molar-refractivity contribution >= 4 is 17.9 Å². The van der Waals surface area contributed by atoms with Gasteiger partial charge in [0.2, 0.25) is 0 Å². The summed E-state index contributed by atoms with van der Waals surface area (Å²) in [6, 6.07) is 0. The first-order chi connectivity index (χ1) is 11.0. The van der Waals surface area contributed by atoms with E-state index in [0.717, 1.165) is 0 Å². The Bertz CT molecular complexity index is 450. The lowest BCUT2D eigenvalue weighted by Gasteiger charge is -1.99. The van der Waals surface area contributed by atoms with E-state index in [4.69, 9.17) is 5.11 Å². The molecule has 0 heterocycles. The standard InChI is InChI=1S/C6H10O3.C6H10O2.C5H8O2/c1-5(2)6(8)9-4-3-7;1-4-8-6(7)5(2)3;1-4(2)5(6)7-3/h7H,1,3-4H2,2H3;2,4H2,1,3H3;1H2,2-3H3. The number of hydrogen-bond acceptors (Lipinski definition) is 7. The van der Waals surface area contributed by atoms with Gasteiger partial charge in [-0.3, -0.25) is 0 Å². The zero-order valence-electron chi connectivity index (χ0n) is 15.1. The Labute approximate surface area is 143 Å². The zero-order chi connectivity index (χ0) is 19.7. The van der Waals surface area contributed by atoms with Crippen LogP contribution in [0.5, 0.6) is 0 Å². The lowest BCUT2D eigenvalue weighted by molar-refractivity contribution is -0.140. The molecule has 7 nitrogen and oxygen atoms in total. The van der Waals surface area contributed by atoms with Crippen LogP contribution in [0, 0.1) is 0 Å². The Morgan fingerprint density at radius 2 is 1.21 bits per heavy atom. The number of methoxy groups -OCH3 is 1. The van der Waals surface area contributed by atoms with Crippen molar-refractivity contribution in [2.75, 3.05) is 26.9 Å². The smallest absolute Gasteiger partial charge is 0.333 e. The van der Waals surface area contributed by atoms with Crippen LogP contribution in [0.3, 0.4) is 0 Å². The van der Waals surface area contributed by atoms with Crippen LogP contribution in [0.1, 0.15) is 27.7 Å². The van der Waals surface area contributed by atoms with Gasteiger partial charge in [-0.1, -0.05) is 19.7 Å². The molecule has 0 saturated carbocycles. The number of carbonyl (C=O) groups excluding carboxylic acids is 3. The van der Waals surface area contributed by atoms with Crippen LogP contribution >= 0.6 is 0 Å². The second kappa shape index (κ2) is 17.0. The monoisotopic (exact) mass is 344 g/mol. The van der Waals surface area contributed by atoms with E-state index in [-0.39, 0.29) is 25.2 Å². The van der Waals surface area contributed by atoms with Crippen LogP contribution in [0.25, 0.3) is 0 Å². The first-order valence-corrected chi connectivity index (χ1v) is 7.04. The quantitative estimate of drug-likeness (QED) is 0.447. The summed E-state index contributed by atoms with van der Waals surface area (Å²) in [5, 5.41) is 8.19. The maximum atomic E-state index is 10.5. The minimum Gasteiger partial charge on any atom is -0.466 e. The van der Waals surface area contributed by atoms with Crippen molar-refractivity contribution in [1.82, 2.24) is 0 Å². The van der Waals surface area contributed by atoms with Crippen molar-refractivity contribution in [3.63, 3.8) is 0 Å². The van der Waals surface area contributed by atoms with Gasteiger partial charge in [-0.25, -0.2) is 14.4 Å². The minimum absolute atomic E-state index is 0.0473. The van der Waals surface area contributed by atoms with E-state index in [0.29, 0.717) is 23.3 Å². The highest BCUT2D eigenvalue weighted by molar-refractivity contribution is 5.87. The molecular formula is C17H28O7. The second-order valence-corrected chi connectivity index (χ2v) is 4.41. The lowest BCUT2D eigenvalue weighted by Crippen LogP contribution is -2.08. The van der Waals surface area contributed by atoms with Crippen LogP contribution in [-0.4, -0.2) is 49.9 Å². The van der Waals surface area contributed by atoms with Crippen LogP contribution < -0.4 is 0 Å². The molecule has 0 aromatic rings. The third kappa shape index (κ3) is 19.6. The van der Waals surface area contributed by atoms with Gasteiger partial charge in [-0.15, -0.1) is 0 Å². The highest BCUT2D eigenvalue weighted by Crippen LogP contribution is 1.90. The van der Waals surface area contributed by atoms with Gasteiger partial charge in [-0.05, 0) is 27.7 Å². The number of ether oxygens (including phenoxy) is 3. The number of hydrogen-bond donors (Lipinski definition) is 1. The molecule has 0 aromatic heterocycles. The van der Waals surface area contributed by atoms with Crippen molar-refractivity contribution in [2.45, 2.75) is 27.7 Å². The van der Waals surface area contributed by atoms with Crippen LogP contribution in [0.4, 0.5) is 0 Å². The highest BCUT2D eigenvalue weighted by Gasteiger charge is 2.00. The first kappa shape index (κ1) is 26.5. The fourth-order valence-electron chi connectivity index (χ4n) is 0.690. The molecule has 0 aliphatic carbocycles. The summed E-state index contributed by atoms with van der Waals surface area (Å²) < 4.78 is 13.3. The molecule has 0 atom stereocenters. The molecule has 0 bridgehead atoms. The molecule has 0 aliphatic rings. The normalized spacial score (nSPS) is 8.25. The third-order valence-corrected chi connectivity index (χ3v) is 1.83. The van der Waals surface area contributed by atoms with Crippen molar-refractivity contribution in [1.29, 1.82) is 0 Å². The van der Waals surface area contributed by atoms with E-state index >= 15 is 0 Å². The molecule has 138 valence electrons. The Kier molecular flexibility index (Phi) is 18.7. The number of esters is 3. The predicted molar refractivity (Wildman–Crippen MR) is 91.1 cm³/mol. The maximum Gasteiger partial charge on any atom is 0.333 e. The minimum atomic E-state index is -0.455. The largest absolute Gasteiger partial charge is 0.466 e. The first-order valence-electron chi connectivity index (χ1n) is 7.04. The fourth-order valence-corrected chi connectivity index (χ4v) is 0.690. The second-order valence-electron chi connectivity index (χ2n) is 4.41. The van der Waals surface area contributed by atoms with Gasteiger partial charge in [0.1, 0.15) is 6.61 Å². The van der Waals surface area contributed by atoms with E-state index in [2.05, 4.69) is 33.9 Å². The molecule has 0 spiro atoms. The van der Waals surface area contributed by atoms with Gasteiger partial charge in [0.05, 0.1) is 20.3 Å². The molecule has 0 amide bonds. The van der Waals surface area contributed by atoms with Crippen molar-refractivity contribution in [3.8, 4) is 0 Å². The SMILES string of the molecule is C=C(C)C(=O)OC.C=C(C)C(=O)OCC.C=C(C)C(=O)OCCO. The van der Waals surface area contributed by atoms with Crippen molar-refractivity contribution in [2.24, 2.45) is 0 Å². The number of rotatable bonds is 6. The molecule has 0 rings (SSSR count). The average Bonchev–Trinajstić information content (AvgIpc) is 2.52. The number of carbonyl (C=O) groups is 3. The van der Waals surface area contributed by atoms with Gasteiger partial charge >= 0.3 is 17.9 Å². The van der Waals surface area contributed by atoms with Crippen molar-refractivity contribution < 1.29 is 33.7 Å². The summed E-state index contributed by atoms with van der Waals surface area (Å²) in [7, 11) is 1.33. The summed E-state index contributed by atoms with van der Waals surface area (Å²) in [4.78, 5) is 31.1. The average molecular weight is 344 g/mol. The summed E-state index contributed by atoms with van der Waals surface area (Å²) >= 11 is 0. The van der Waals surface area contributed by atoms with Gasteiger partial charge < -0.3 is 19.3 Å². The Morgan fingerprint density at radius 3 is 1.38 bits per heavy atom. The lowest BCUT2D eigenvalue weighted by atomic mass is 10.4. The summed E-state index contributed by atoms with van der Waals surface area (Å²) in [5.74, 6) is -1.11. The molecule has 0 fully saturated rings. The molecule has 0 aliphatic heterocycles. The van der Waals surface area contributed by atoms with Crippen LogP contribution in [0.2, 0.25) is 0 Å². The molecule has 0 aromatic carbocycles. The Morgan fingerprint density at radius 1 is 0.833 bits per heavy atom. The van der Waals surface area contributed by atoms with E-state index in [1.54, 1.807) is 27.7 Å². The molecule has 1 N–H and O–H groups in total. The van der Waals surface area contributed by atoms with E-state index < -0.39 is 5.97 Å². The summed E-state index contributed by atoms with van der Waals surface area (Å²) in [6.45, 7) is 17.0. The predicted octanol–water partition coefficient (Wildman–Crippen LogP) is 1.96. The highest BCUT2D eigenvalue weighted by atomic mass is 16.5. The van der Waals surface area contributed by atoms with Crippen LogP contribution in [-0.2, 0) is 28.6 Å². The Balaban J connectivity index is -0.000000278. The topological polar surface area (TPSA) is 99.1 Å². The number of aliphatic hydroxyl groups excluding tert-OH is 1.